The molecule has 98 valence electrons. The molecule has 0 aliphatic carbocycles. The van der Waals surface area contributed by atoms with E-state index in [9.17, 15) is 4.79 Å². The molecule has 1 unspecified atom stereocenters. The zero-order chi connectivity index (χ0) is 13.3. The molecule has 1 aliphatic heterocycles. The van der Waals surface area contributed by atoms with E-state index in [0.29, 0.717) is 17.6 Å². The number of hydrogen-bond acceptors (Lipinski definition) is 3. The molecule has 4 heteroatoms. The number of anilines is 2. The zero-order valence-electron chi connectivity index (χ0n) is 10.9. The Labute approximate surface area is 107 Å². The van der Waals surface area contributed by atoms with Gasteiger partial charge < -0.3 is 15.7 Å². The number of benzene rings is 1. The lowest BCUT2D eigenvalue weighted by Gasteiger charge is -2.31. The van der Waals surface area contributed by atoms with Crippen LogP contribution in [0.15, 0.2) is 18.2 Å². The fraction of sp³-hybridized carbons (Fsp3) is 0.500. The van der Waals surface area contributed by atoms with Crippen LogP contribution in [0.1, 0.15) is 37.0 Å². The zero-order valence-corrected chi connectivity index (χ0v) is 10.9. The number of carbonyl (C=O) groups is 1. The number of hydrogen-bond donors (Lipinski definition) is 2. The molecular formula is C14H20N2O2. The molecule has 0 amide bonds. The van der Waals surface area contributed by atoms with Crippen LogP contribution >= 0.6 is 0 Å². The Hall–Kier alpha value is -1.71. The number of nitrogens with two attached hydrogens (primary N) is 1. The Morgan fingerprint density at radius 2 is 2.22 bits per heavy atom. The average molecular weight is 248 g/mol. The maximum atomic E-state index is 11.1. The van der Waals surface area contributed by atoms with Crippen LogP contribution in [0.3, 0.4) is 0 Å². The summed E-state index contributed by atoms with van der Waals surface area (Å²) in [6.07, 6.45) is 2.29. The van der Waals surface area contributed by atoms with E-state index in [0.717, 1.165) is 25.1 Å². The van der Waals surface area contributed by atoms with Crippen molar-refractivity contribution < 1.29 is 9.90 Å². The molecule has 0 bridgehead atoms. The minimum atomic E-state index is -0.963. The van der Waals surface area contributed by atoms with E-state index in [-0.39, 0.29) is 5.56 Å². The van der Waals surface area contributed by atoms with E-state index in [1.165, 1.54) is 0 Å². The normalized spacial score (nSPS) is 19.5. The predicted molar refractivity (Wildman–Crippen MR) is 73.0 cm³/mol. The maximum absolute atomic E-state index is 11.1. The van der Waals surface area contributed by atoms with Gasteiger partial charge in [-0.15, -0.1) is 0 Å². The van der Waals surface area contributed by atoms with Crippen LogP contribution in [-0.4, -0.2) is 23.7 Å². The van der Waals surface area contributed by atoms with Crippen molar-refractivity contribution in [2.45, 2.75) is 32.7 Å². The third kappa shape index (κ3) is 2.15. The Bertz CT molecular complexity index is 457. The van der Waals surface area contributed by atoms with Gasteiger partial charge in [-0.3, -0.25) is 0 Å². The van der Waals surface area contributed by atoms with Gasteiger partial charge in [0, 0.05) is 12.6 Å². The average Bonchev–Trinajstić information content (AvgIpc) is 2.77. The Morgan fingerprint density at radius 3 is 2.83 bits per heavy atom. The summed E-state index contributed by atoms with van der Waals surface area (Å²) in [7, 11) is 0. The predicted octanol–water partition coefficient (Wildman–Crippen LogP) is 2.59. The van der Waals surface area contributed by atoms with Crippen molar-refractivity contribution in [1.82, 2.24) is 0 Å². The van der Waals surface area contributed by atoms with Crippen LogP contribution in [-0.2, 0) is 0 Å². The molecule has 1 fully saturated rings. The summed E-state index contributed by atoms with van der Waals surface area (Å²) in [5.74, 6) is -0.421. The molecule has 1 aromatic rings. The summed E-state index contributed by atoms with van der Waals surface area (Å²) in [4.78, 5) is 13.4. The minimum Gasteiger partial charge on any atom is -0.478 e. The van der Waals surface area contributed by atoms with Gasteiger partial charge in [-0.1, -0.05) is 19.9 Å². The Balaban J connectivity index is 2.39. The first-order valence-corrected chi connectivity index (χ1v) is 6.40. The summed E-state index contributed by atoms with van der Waals surface area (Å²) >= 11 is 0. The standard InChI is InChI=1S/C14H20N2O2/c1-9(2)11-7-4-8-16(11)12-6-3-5-10(13(12)15)14(17)18/h3,5-6,9,11H,4,7-8,15H2,1-2H3,(H,17,18). The summed E-state index contributed by atoms with van der Waals surface area (Å²) in [6, 6.07) is 5.70. The van der Waals surface area contributed by atoms with Gasteiger partial charge in [0.25, 0.3) is 0 Å². The minimum absolute atomic E-state index is 0.196. The molecule has 1 saturated heterocycles. The van der Waals surface area contributed by atoms with Gasteiger partial charge in [-0.25, -0.2) is 4.79 Å². The lowest BCUT2D eigenvalue weighted by Crippen LogP contribution is -2.34. The summed E-state index contributed by atoms with van der Waals surface area (Å²) < 4.78 is 0. The molecule has 4 nitrogen and oxygen atoms in total. The molecule has 0 radical (unpaired) electrons. The van der Waals surface area contributed by atoms with Crippen LogP contribution in [0, 0.1) is 5.92 Å². The van der Waals surface area contributed by atoms with Crippen LogP contribution in [0.25, 0.3) is 0 Å². The van der Waals surface area contributed by atoms with Crippen molar-refractivity contribution in [2.24, 2.45) is 5.92 Å². The second-order valence-corrected chi connectivity index (χ2v) is 5.19. The lowest BCUT2D eigenvalue weighted by molar-refractivity contribution is 0.0698. The van der Waals surface area contributed by atoms with E-state index >= 15 is 0 Å². The Kier molecular flexibility index (Phi) is 3.45. The van der Waals surface area contributed by atoms with Gasteiger partial charge in [0.2, 0.25) is 0 Å². The first-order chi connectivity index (χ1) is 8.52. The second kappa shape index (κ2) is 4.88. The van der Waals surface area contributed by atoms with E-state index in [1.807, 2.05) is 6.07 Å². The summed E-state index contributed by atoms with van der Waals surface area (Å²) in [6.45, 7) is 5.34. The van der Waals surface area contributed by atoms with Crippen molar-refractivity contribution in [3.8, 4) is 0 Å². The highest BCUT2D eigenvalue weighted by Gasteiger charge is 2.29. The van der Waals surface area contributed by atoms with Crippen molar-refractivity contribution >= 4 is 17.3 Å². The number of carboxylic acid groups (broad SMARTS) is 1. The van der Waals surface area contributed by atoms with Gasteiger partial charge in [-0.05, 0) is 30.9 Å². The smallest absolute Gasteiger partial charge is 0.337 e. The third-order valence-corrected chi connectivity index (χ3v) is 3.69. The number of nitrogen functional groups attached to an aromatic ring is 1. The molecule has 1 atom stereocenters. The van der Waals surface area contributed by atoms with E-state index in [4.69, 9.17) is 10.8 Å². The van der Waals surface area contributed by atoms with Crippen LogP contribution < -0.4 is 10.6 Å². The van der Waals surface area contributed by atoms with Gasteiger partial charge in [0.15, 0.2) is 0 Å². The maximum Gasteiger partial charge on any atom is 0.337 e. The third-order valence-electron chi connectivity index (χ3n) is 3.69. The number of para-hydroxylation sites is 1. The number of carboxylic acids is 1. The molecule has 3 N–H and O–H groups in total. The van der Waals surface area contributed by atoms with Gasteiger partial charge in [0.05, 0.1) is 16.9 Å². The van der Waals surface area contributed by atoms with Crippen molar-refractivity contribution in [3.05, 3.63) is 23.8 Å². The fourth-order valence-electron chi connectivity index (χ4n) is 2.77. The van der Waals surface area contributed by atoms with Crippen molar-refractivity contribution in [1.29, 1.82) is 0 Å². The molecule has 1 heterocycles. The number of aromatic carboxylic acids is 1. The van der Waals surface area contributed by atoms with Crippen LogP contribution in [0.4, 0.5) is 11.4 Å². The van der Waals surface area contributed by atoms with Crippen LogP contribution in [0.2, 0.25) is 0 Å². The molecule has 0 aromatic heterocycles. The fourth-order valence-corrected chi connectivity index (χ4v) is 2.77. The van der Waals surface area contributed by atoms with E-state index in [2.05, 4.69) is 18.7 Å². The van der Waals surface area contributed by atoms with Gasteiger partial charge in [0.1, 0.15) is 0 Å². The SMILES string of the molecule is CC(C)C1CCCN1c1cccc(C(=O)O)c1N. The van der Waals surface area contributed by atoms with Crippen LogP contribution in [0.5, 0.6) is 0 Å². The number of rotatable bonds is 3. The molecule has 0 spiro atoms. The molecule has 2 rings (SSSR count). The van der Waals surface area contributed by atoms with E-state index < -0.39 is 5.97 Å². The molecule has 18 heavy (non-hydrogen) atoms. The second-order valence-electron chi connectivity index (χ2n) is 5.19. The highest BCUT2D eigenvalue weighted by atomic mass is 16.4. The van der Waals surface area contributed by atoms with Gasteiger partial charge >= 0.3 is 5.97 Å². The number of nitrogens with zero attached hydrogens (tertiary/aromatic N) is 1. The summed E-state index contributed by atoms with van der Waals surface area (Å²) in [5, 5.41) is 9.11. The summed E-state index contributed by atoms with van der Waals surface area (Å²) in [5.41, 5.74) is 7.45. The van der Waals surface area contributed by atoms with Crippen molar-refractivity contribution in [2.75, 3.05) is 17.2 Å². The molecule has 0 saturated carbocycles. The highest BCUT2D eigenvalue weighted by Crippen LogP contribution is 2.34. The molecule has 1 aromatic carbocycles. The molecular weight excluding hydrogens is 228 g/mol. The highest BCUT2D eigenvalue weighted by molar-refractivity contribution is 5.97. The van der Waals surface area contributed by atoms with Gasteiger partial charge in [-0.2, -0.15) is 0 Å². The quantitative estimate of drug-likeness (QED) is 0.807. The first-order valence-electron chi connectivity index (χ1n) is 6.40. The van der Waals surface area contributed by atoms with Crippen molar-refractivity contribution in [3.63, 3.8) is 0 Å². The topological polar surface area (TPSA) is 66.6 Å². The largest absolute Gasteiger partial charge is 0.478 e. The van der Waals surface area contributed by atoms with E-state index in [1.54, 1.807) is 12.1 Å². The first kappa shape index (κ1) is 12.7. The molecule has 1 aliphatic rings. The Morgan fingerprint density at radius 1 is 1.50 bits per heavy atom. The monoisotopic (exact) mass is 248 g/mol. The lowest BCUT2D eigenvalue weighted by atomic mass is 10.0.